The average Bonchev–Trinajstić information content (AvgIpc) is 3.65. The highest BCUT2D eigenvalue weighted by atomic mass is 35.5. The first-order valence-electron chi connectivity index (χ1n) is 19.4. The number of benzene rings is 5. The van der Waals surface area contributed by atoms with Gasteiger partial charge in [-0.15, -0.1) is 20.5 Å². The Kier molecular flexibility index (Phi) is 14.2. The summed E-state index contributed by atoms with van der Waals surface area (Å²) in [6.07, 6.45) is 0.199. The molecule has 0 unspecified atom stereocenters. The Bertz CT molecular complexity index is 3750. The lowest BCUT2D eigenvalue weighted by Crippen LogP contribution is -2.08. The number of carbonyl (C=O) groups excluding carboxylic acids is 1. The molecule has 7 aromatic rings. The number of aromatic nitrogens is 1. The summed E-state index contributed by atoms with van der Waals surface area (Å²) in [5, 5.41) is 46.7. The van der Waals surface area contributed by atoms with Crippen molar-refractivity contribution in [3.8, 4) is 23.3 Å². The summed E-state index contributed by atoms with van der Waals surface area (Å²) < 4.78 is 104. The first-order chi connectivity index (χ1) is 32.6. The fraction of sp³-hybridized carbons (Fsp3) is 0.0698. The van der Waals surface area contributed by atoms with Gasteiger partial charge in [0.15, 0.2) is 16.6 Å². The summed E-state index contributed by atoms with van der Waals surface area (Å²) in [5.74, 6) is -0.348. The molecule has 26 heteroatoms. The minimum absolute atomic E-state index is 0.000778. The van der Waals surface area contributed by atoms with Crippen molar-refractivity contribution in [1.82, 2.24) is 4.98 Å². The summed E-state index contributed by atoms with van der Waals surface area (Å²) in [7, 11) is -14.7. The Morgan fingerprint density at radius 2 is 1.29 bits per heavy atom. The van der Waals surface area contributed by atoms with Gasteiger partial charge in [0.05, 0.1) is 16.3 Å². The number of anilines is 5. The van der Waals surface area contributed by atoms with Gasteiger partial charge >= 0.3 is 0 Å². The molecule has 20 nitrogen and oxygen atoms in total. The zero-order valence-corrected chi connectivity index (χ0v) is 39.9. The first-order valence-corrected chi connectivity index (χ1v) is 25.3. The van der Waals surface area contributed by atoms with Crippen LogP contribution in [0.2, 0.25) is 10.0 Å². The lowest BCUT2D eigenvalue weighted by Gasteiger charge is -2.16. The summed E-state index contributed by atoms with van der Waals surface area (Å²) in [6, 6.07) is 26.0. The molecule has 0 aliphatic carbocycles. The third-order valence-corrected chi connectivity index (χ3v) is 14.2. The van der Waals surface area contributed by atoms with Crippen LogP contribution in [-0.2, 0) is 35.1 Å². The van der Waals surface area contributed by atoms with Gasteiger partial charge in [0, 0.05) is 50.4 Å². The van der Waals surface area contributed by atoms with Crippen molar-refractivity contribution < 1.29 is 43.7 Å². The molecule has 0 atom stereocenters. The minimum atomic E-state index is -5.02. The van der Waals surface area contributed by atoms with E-state index in [1.165, 1.54) is 31.2 Å². The maximum absolute atomic E-state index is 12.5. The number of azo groups is 2. The standard InChI is InChI=1S/C43H30Cl2N10O10S4/c1-3-37(56)48-25-11-7-23(8-12-25)38-32(21-47)42(66-43(38)55-52-28-17-30-29(35(19-28)68(60,61)62)5-4-6-34(30)67(57,58)59)54-53-39-22(2)31(20-46)40(51-41(39)49-26-13-9-24(44)10-14-26)50-27-15-16-33(45)36(18-27)69(63,64)65/h4-19H,3H2,1-2H3,(H,48,56)(H2,49,50,51)(H,57,58,59)(H,60,61,62)(H,63,64,65)/b54-53?,55-52+. The Morgan fingerprint density at radius 1 is 0.681 bits per heavy atom. The number of nitriles is 2. The van der Waals surface area contributed by atoms with Crippen LogP contribution in [0, 0.1) is 29.6 Å². The second kappa shape index (κ2) is 19.8. The molecule has 0 bridgehead atoms. The fourth-order valence-electron chi connectivity index (χ4n) is 6.61. The quantitative estimate of drug-likeness (QED) is 0.0435. The topological polar surface area (TPSA) is 326 Å². The molecule has 0 radical (unpaired) electrons. The van der Waals surface area contributed by atoms with Crippen molar-refractivity contribution in [3.05, 3.63) is 124 Å². The minimum Gasteiger partial charge on any atom is -0.339 e. The number of nitrogens with zero attached hydrogens (tertiary/aromatic N) is 7. The van der Waals surface area contributed by atoms with Crippen molar-refractivity contribution in [2.45, 2.75) is 35.0 Å². The van der Waals surface area contributed by atoms with Crippen LogP contribution in [0.15, 0.2) is 132 Å². The molecule has 0 spiro atoms. The van der Waals surface area contributed by atoms with Crippen molar-refractivity contribution in [2.24, 2.45) is 20.5 Å². The zero-order chi connectivity index (χ0) is 50.0. The predicted octanol–water partition coefficient (Wildman–Crippen LogP) is 11.7. The van der Waals surface area contributed by atoms with Crippen LogP contribution >= 0.6 is 34.5 Å². The van der Waals surface area contributed by atoms with E-state index in [4.69, 9.17) is 23.2 Å². The number of hydrogen-bond donors (Lipinski definition) is 6. The van der Waals surface area contributed by atoms with E-state index < -0.39 is 45.0 Å². The molecular formula is C43H30Cl2N10O10S4. The van der Waals surface area contributed by atoms with E-state index in [9.17, 15) is 54.2 Å². The van der Waals surface area contributed by atoms with E-state index in [-0.39, 0.29) is 89.1 Å². The van der Waals surface area contributed by atoms with Crippen LogP contribution in [0.25, 0.3) is 21.9 Å². The molecule has 0 saturated heterocycles. The Labute approximate surface area is 406 Å². The van der Waals surface area contributed by atoms with E-state index in [1.807, 2.05) is 0 Å². The monoisotopic (exact) mass is 1040 g/mol. The van der Waals surface area contributed by atoms with E-state index in [0.29, 0.717) is 22.0 Å². The number of carbonyl (C=O) groups is 1. The van der Waals surface area contributed by atoms with E-state index in [2.05, 4.69) is 53.5 Å². The number of thiophene rings is 1. The molecule has 350 valence electrons. The predicted molar refractivity (Wildman–Crippen MR) is 258 cm³/mol. The average molecular weight is 1050 g/mol. The van der Waals surface area contributed by atoms with Crippen LogP contribution < -0.4 is 16.0 Å². The van der Waals surface area contributed by atoms with Gasteiger partial charge in [-0.05, 0) is 85.3 Å². The number of pyridine rings is 1. The fourth-order valence-corrected chi connectivity index (χ4v) is 10.1. The lowest BCUT2D eigenvalue weighted by atomic mass is 10.0. The molecule has 2 heterocycles. The van der Waals surface area contributed by atoms with Crippen molar-refractivity contribution in [2.75, 3.05) is 16.0 Å². The second-order valence-electron chi connectivity index (χ2n) is 14.3. The molecular weight excluding hydrogens is 1020 g/mol. The molecule has 1 amide bonds. The van der Waals surface area contributed by atoms with Crippen molar-refractivity contribution >= 4 is 132 Å². The van der Waals surface area contributed by atoms with Crippen LogP contribution in [-0.4, -0.2) is 49.8 Å². The van der Waals surface area contributed by atoms with E-state index >= 15 is 0 Å². The maximum atomic E-state index is 12.5. The van der Waals surface area contributed by atoms with E-state index in [1.54, 1.807) is 55.5 Å². The number of fused-ring (bicyclic) bond motifs is 1. The molecule has 2 aromatic heterocycles. The highest BCUT2D eigenvalue weighted by molar-refractivity contribution is 7.86. The Balaban J connectivity index is 1.41. The summed E-state index contributed by atoms with van der Waals surface area (Å²) in [5.41, 5.74) is 1.16. The van der Waals surface area contributed by atoms with Crippen molar-refractivity contribution in [1.29, 1.82) is 10.5 Å². The molecule has 5 aromatic carbocycles. The molecule has 6 N–H and O–H groups in total. The van der Waals surface area contributed by atoms with Gasteiger partial charge in [0.25, 0.3) is 30.4 Å². The third-order valence-electron chi connectivity index (χ3n) is 9.82. The highest BCUT2D eigenvalue weighted by Crippen LogP contribution is 2.49. The summed E-state index contributed by atoms with van der Waals surface area (Å²) in [6.45, 7) is 3.20. The first kappa shape index (κ1) is 49.7. The molecule has 69 heavy (non-hydrogen) atoms. The molecule has 0 fully saturated rings. The number of amides is 1. The van der Waals surface area contributed by atoms with Gasteiger partial charge in [-0.25, -0.2) is 4.98 Å². The van der Waals surface area contributed by atoms with Crippen LogP contribution in [0.4, 0.5) is 50.1 Å². The Morgan fingerprint density at radius 3 is 1.91 bits per heavy atom. The highest BCUT2D eigenvalue weighted by Gasteiger charge is 2.25. The largest absolute Gasteiger partial charge is 0.339 e. The molecule has 0 aliphatic heterocycles. The van der Waals surface area contributed by atoms with Gasteiger partial charge in [-0.1, -0.05) is 65.7 Å². The number of halogens is 2. The molecule has 0 saturated carbocycles. The summed E-state index contributed by atoms with van der Waals surface area (Å²) >= 11 is 12.9. The Hall–Kier alpha value is -7.23. The second-order valence-corrected chi connectivity index (χ2v) is 20.3. The smallest absolute Gasteiger partial charge is 0.296 e. The molecule has 0 aliphatic rings. The number of hydrogen-bond acceptors (Lipinski definition) is 17. The van der Waals surface area contributed by atoms with Gasteiger partial charge in [0.1, 0.15) is 43.1 Å². The van der Waals surface area contributed by atoms with Crippen LogP contribution in [0.1, 0.15) is 30.0 Å². The lowest BCUT2D eigenvalue weighted by molar-refractivity contribution is -0.115. The van der Waals surface area contributed by atoms with Gasteiger partial charge in [-0.2, -0.15) is 35.8 Å². The maximum Gasteiger partial charge on any atom is 0.296 e. The third kappa shape index (κ3) is 11.1. The van der Waals surface area contributed by atoms with Gasteiger partial charge in [0.2, 0.25) is 5.91 Å². The van der Waals surface area contributed by atoms with E-state index in [0.717, 1.165) is 35.6 Å². The number of rotatable bonds is 14. The van der Waals surface area contributed by atoms with Crippen LogP contribution in [0.3, 0.4) is 0 Å². The number of nitrogens with one attached hydrogen (secondary N) is 3. The normalized spacial score (nSPS) is 12.0. The van der Waals surface area contributed by atoms with Crippen molar-refractivity contribution in [3.63, 3.8) is 0 Å². The SMILES string of the molecule is CCC(=O)Nc1ccc(-c2c(/N=N/c3cc(S(=O)(=O)O)c4cccc(S(=O)(=O)O)c4c3)sc(N=Nc3c(Nc4ccc(Cl)cc4)nc(Nc4ccc(Cl)c(S(=O)(=O)O)c4)c(C#N)c3C)c2C#N)cc1. The van der Waals surface area contributed by atoms with Gasteiger partial charge < -0.3 is 16.0 Å². The molecule has 7 rings (SSSR count). The zero-order valence-electron chi connectivity index (χ0n) is 35.2. The van der Waals surface area contributed by atoms with Gasteiger partial charge in [-0.3, -0.25) is 18.5 Å². The summed E-state index contributed by atoms with van der Waals surface area (Å²) in [4.78, 5) is 14.7. The van der Waals surface area contributed by atoms with Crippen LogP contribution in [0.5, 0.6) is 0 Å².